The van der Waals surface area contributed by atoms with E-state index in [4.69, 9.17) is 0 Å². The van der Waals surface area contributed by atoms with Gasteiger partial charge in [-0.1, -0.05) is 158 Å². The van der Waals surface area contributed by atoms with Crippen LogP contribution in [0.1, 0.15) is 33.9 Å². The molecule has 0 fully saturated rings. The second kappa shape index (κ2) is 12.3. The Morgan fingerprint density at radius 3 is 1.45 bits per heavy atom. The van der Waals surface area contributed by atoms with Crippen molar-refractivity contribution in [2.75, 3.05) is 0 Å². The summed E-state index contributed by atoms with van der Waals surface area (Å²) in [7, 11) is 0. The molecule has 2 nitrogen and oxygen atoms in total. The smallest absolute Gasteiger partial charge is 0.188 e. The molecule has 0 aliphatic rings. The number of allylic oxidation sites excluding steroid dienone is 2. The van der Waals surface area contributed by atoms with Crippen LogP contribution in [0.4, 0.5) is 0 Å². The van der Waals surface area contributed by atoms with Gasteiger partial charge < -0.3 is 5.32 Å². The monoisotopic (exact) mass is 491 g/mol. The summed E-state index contributed by atoms with van der Waals surface area (Å²) in [5.41, 5.74) is 6.44. The van der Waals surface area contributed by atoms with Crippen LogP contribution < -0.4 is 5.32 Å². The van der Waals surface area contributed by atoms with E-state index >= 15 is 0 Å². The van der Waals surface area contributed by atoms with E-state index < -0.39 is 0 Å². The molecular formula is C36H29NO. The summed E-state index contributed by atoms with van der Waals surface area (Å²) in [4.78, 5) is 14.0. The molecule has 0 aliphatic carbocycles. The molecule has 184 valence electrons. The predicted octanol–water partition coefficient (Wildman–Crippen LogP) is 8.22. The number of benzene rings is 5. The van der Waals surface area contributed by atoms with Gasteiger partial charge in [0.1, 0.15) is 0 Å². The standard InChI is InChI=1S/C36H29NO/c38-33(27-26-28-16-6-1-7-17-28)34(29-18-8-2-9-19-29)36(32-24-14-5-15-25-32)37-35(30-20-10-3-11-21-30)31-22-12-4-13-23-31/h1-27,35,37H/b27-26+,36-34-. The highest BCUT2D eigenvalue weighted by molar-refractivity contribution is 6.32. The lowest BCUT2D eigenvalue weighted by Gasteiger charge is -2.25. The molecule has 5 rings (SSSR count). The van der Waals surface area contributed by atoms with Gasteiger partial charge in [0, 0.05) is 0 Å². The van der Waals surface area contributed by atoms with Crippen molar-refractivity contribution in [1.82, 2.24) is 5.32 Å². The zero-order chi connectivity index (χ0) is 26.0. The minimum Gasteiger partial charge on any atom is -0.373 e. The maximum absolute atomic E-state index is 14.0. The molecule has 1 N–H and O–H groups in total. The zero-order valence-corrected chi connectivity index (χ0v) is 21.1. The third kappa shape index (κ3) is 6.05. The first-order valence-corrected chi connectivity index (χ1v) is 12.8. The summed E-state index contributed by atoms with van der Waals surface area (Å²) in [5, 5.41) is 3.81. The number of carbonyl (C=O) groups is 1. The van der Waals surface area contributed by atoms with E-state index in [2.05, 4.69) is 29.6 Å². The Hall–Kier alpha value is -4.95. The van der Waals surface area contributed by atoms with E-state index in [9.17, 15) is 4.79 Å². The summed E-state index contributed by atoms with van der Waals surface area (Å²) in [6.45, 7) is 0. The molecule has 0 radical (unpaired) electrons. The summed E-state index contributed by atoms with van der Waals surface area (Å²) in [6, 6.07) is 50.4. The average molecular weight is 492 g/mol. The molecule has 0 aliphatic heterocycles. The highest BCUT2D eigenvalue weighted by atomic mass is 16.1. The molecule has 0 amide bonds. The molecule has 0 heterocycles. The maximum Gasteiger partial charge on any atom is 0.188 e. The van der Waals surface area contributed by atoms with Crippen LogP contribution >= 0.6 is 0 Å². The van der Waals surface area contributed by atoms with Crippen molar-refractivity contribution in [3.05, 3.63) is 186 Å². The Labute approximate surface area is 224 Å². The largest absolute Gasteiger partial charge is 0.373 e. The molecule has 0 bridgehead atoms. The van der Waals surface area contributed by atoms with Crippen molar-refractivity contribution < 1.29 is 4.79 Å². The van der Waals surface area contributed by atoms with Crippen LogP contribution in [0.3, 0.4) is 0 Å². The quantitative estimate of drug-likeness (QED) is 0.166. The van der Waals surface area contributed by atoms with Crippen LogP contribution in [-0.4, -0.2) is 5.78 Å². The first-order chi connectivity index (χ1) is 18.8. The molecule has 0 spiro atoms. The van der Waals surface area contributed by atoms with Crippen molar-refractivity contribution in [2.45, 2.75) is 6.04 Å². The van der Waals surface area contributed by atoms with Gasteiger partial charge in [0.15, 0.2) is 5.78 Å². The lowest BCUT2D eigenvalue weighted by Crippen LogP contribution is -2.23. The molecule has 0 atom stereocenters. The Morgan fingerprint density at radius 2 is 0.947 bits per heavy atom. The second-order valence-electron chi connectivity index (χ2n) is 8.99. The van der Waals surface area contributed by atoms with Crippen LogP contribution in [0.15, 0.2) is 158 Å². The highest BCUT2D eigenvalue weighted by Gasteiger charge is 2.22. The lowest BCUT2D eigenvalue weighted by atomic mass is 9.92. The molecule has 5 aromatic rings. The Bertz CT molecular complexity index is 1470. The van der Waals surface area contributed by atoms with Crippen LogP contribution in [0.2, 0.25) is 0 Å². The number of rotatable bonds is 9. The van der Waals surface area contributed by atoms with Crippen LogP contribution in [0, 0.1) is 0 Å². The van der Waals surface area contributed by atoms with Crippen molar-refractivity contribution >= 4 is 23.1 Å². The minimum absolute atomic E-state index is 0.0636. The molecule has 0 saturated carbocycles. The van der Waals surface area contributed by atoms with Gasteiger partial charge in [-0.3, -0.25) is 4.79 Å². The van der Waals surface area contributed by atoms with Gasteiger partial charge in [0.25, 0.3) is 0 Å². The molecular weight excluding hydrogens is 462 g/mol. The van der Waals surface area contributed by atoms with Gasteiger partial charge >= 0.3 is 0 Å². The van der Waals surface area contributed by atoms with Gasteiger partial charge in [0.05, 0.1) is 17.3 Å². The normalized spacial score (nSPS) is 11.8. The number of hydrogen-bond donors (Lipinski definition) is 1. The van der Waals surface area contributed by atoms with Gasteiger partial charge in [-0.05, 0) is 33.9 Å². The number of nitrogens with one attached hydrogen (secondary N) is 1. The summed E-state index contributed by atoms with van der Waals surface area (Å²) >= 11 is 0. The fourth-order valence-corrected chi connectivity index (χ4v) is 4.53. The van der Waals surface area contributed by atoms with E-state index in [1.807, 2.05) is 133 Å². The van der Waals surface area contributed by atoms with Crippen molar-refractivity contribution in [3.8, 4) is 0 Å². The number of ketones is 1. The second-order valence-corrected chi connectivity index (χ2v) is 8.99. The highest BCUT2D eigenvalue weighted by Crippen LogP contribution is 2.31. The van der Waals surface area contributed by atoms with Gasteiger partial charge in [-0.2, -0.15) is 0 Å². The summed E-state index contributed by atoms with van der Waals surface area (Å²) in [5.74, 6) is -0.0636. The minimum atomic E-state index is -0.155. The van der Waals surface area contributed by atoms with E-state index in [1.54, 1.807) is 6.08 Å². The Morgan fingerprint density at radius 1 is 0.526 bits per heavy atom. The van der Waals surface area contributed by atoms with E-state index in [1.165, 1.54) is 0 Å². The molecule has 2 heteroatoms. The van der Waals surface area contributed by atoms with Crippen molar-refractivity contribution in [1.29, 1.82) is 0 Å². The third-order valence-corrected chi connectivity index (χ3v) is 6.40. The molecule has 0 aromatic heterocycles. The molecule has 38 heavy (non-hydrogen) atoms. The van der Waals surface area contributed by atoms with E-state index in [-0.39, 0.29) is 11.8 Å². The lowest BCUT2D eigenvalue weighted by molar-refractivity contribution is -0.109. The maximum atomic E-state index is 14.0. The van der Waals surface area contributed by atoms with Crippen LogP contribution in [-0.2, 0) is 4.79 Å². The van der Waals surface area contributed by atoms with Crippen molar-refractivity contribution in [2.24, 2.45) is 0 Å². The fourth-order valence-electron chi connectivity index (χ4n) is 4.53. The molecule has 5 aromatic carbocycles. The van der Waals surface area contributed by atoms with Gasteiger partial charge in [0.2, 0.25) is 0 Å². The summed E-state index contributed by atoms with van der Waals surface area (Å²) < 4.78 is 0. The zero-order valence-electron chi connectivity index (χ0n) is 21.1. The van der Waals surface area contributed by atoms with Gasteiger partial charge in [-0.15, -0.1) is 0 Å². The third-order valence-electron chi connectivity index (χ3n) is 6.40. The van der Waals surface area contributed by atoms with E-state index in [0.29, 0.717) is 5.57 Å². The fraction of sp³-hybridized carbons (Fsp3) is 0.0278. The first-order valence-electron chi connectivity index (χ1n) is 12.8. The number of carbonyl (C=O) groups excluding carboxylic acids is 1. The topological polar surface area (TPSA) is 29.1 Å². The first kappa shape index (κ1) is 24.7. The molecule has 0 saturated heterocycles. The number of hydrogen-bond acceptors (Lipinski definition) is 2. The van der Waals surface area contributed by atoms with Crippen LogP contribution in [0.5, 0.6) is 0 Å². The van der Waals surface area contributed by atoms with Gasteiger partial charge in [-0.25, -0.2) is 0 Å². The SMILES string of the molecule is O=C(/C=C/c1ccccc1)/C(=C(\NC(c1ccccc1)c1ccccc1)c1ccccc1)c1ccccc1. The molecule has 0 unspecified atom stereocenters. The Balaban J connectivity index is 1.69. The van der Waals surface area contributed by atoms with E-state index in [0.717, 1.165) is 33.5 Å². The average Bonchev–Trinajstić information content (AvgIpc) is 3.00. The van der Waals surface area contributed by atoms with Crippen molar-refractivity contribution in [3.63, 3.8) is 0 Å². The predicted molar refractivity (Wildman–Crippen MR) is 158 cm³/mol. The summed E-state index contributed by atoms with van der Waals surface area (Å²) in [6.07, 6.45) is 3.54. The van der Waals surface area contributed by atoms with Crippen LogP contribution in [0.25, 0.3) is 17.3 Å². The Kier molecular flexibility index (Phi) is 8.03.